The van der Waals surface area contributed by atoms with Crippen molar-refractivity contribution in [1.29, 1.82) is 0 Å². The molecule has 0 bridgehead atoms. The molecule has 0 aromatic rings. The molecule has 1 heterocycles. The fraction of sp³-hybridized carbons (Fsp3) is 0.615. The van der Waals surface area contributed by atoms with Crippen LogP contribution in [0.5, 0.6) is 0 Å². The molecule has 78 valence electrons. The minimum Gasteiger partial charge on any atom is -0.286 e. The highest BCUT2D eigenvalue weighted by molar-refractivity contribution is 5.68. The van der Waals surface area contributed by atoms with Crippen molar-refractivity contribution >= 4 is 6.21 Å². The van der Waals surface area contributed by atoms with E-state index in [2.05, 4.69) is 63.9 Å². The molecule has 0 amide bonds. The Hall–Kier alpha value is -0.850. The Morgan fingerprint density at radius 1 is 1.00 bits per heavy atom. The highest BCUT2D eigenvalue weighted by Gasteiger charge is 2.16. The van der Waals surface area contributed by atoms with Crippen LogP contribution in [-0.2, 0) is 0 Å². The fourth-order valence-electron chi connectivity index (χ4n) is 1.27. The van der Waals surface area contributed by atoms with Crippen LogP contribution in [-0.4, -0.2) is 11.8 Å². The first-order valence-corrected chi connectivity index (χ1v) is 5.26. The highest BCUT2D eigenvalue weighted by atomic mass is 14.8. The van der Waals surface area contributed by atoms with E-state index in [1.807, 2.05) is 6.21 Å². The molecule has 0 saturated carbocycles. The maximum atomic E-state index is 4.60. The molecule has 1 aliphatic heterocycles. The van der Waals surface area contributed by atoms with Gasteiger partial charge in [-0.2, -0.15) is 0 Å². The summed E-state index contributed by atoms with van der Waals surface area (Å²) in [6.45, 7) is 10.8. The van der Waals surface area contributed by atoms with Gasteiger partial charge in [0.25, 0.3) is 0 Å². The Morgan fingerprint density at radius 3 is 2.21 bits per heavy atom. The third-order valence-corrected chi connectivity index (χ3v) is 2.37. The molecule has 0 N–H and O–H groups in total. The van der Waals surface area contributed by atoms with Gasteiger partial charge in [0.1, 0.15) is 0 Å². The van der Waals surface area contributed by atoms with Gasteiger partial charge in [0, 0.05) is 11.6 Å². The number of hydrogen-bond donors (Lipinski definition) is 0. The van der Waals surface area contributed by atoms with Crippen molar-refractivity contribution in [2.45, 2.75) is 40.2 Å². The Balaban J connectivity index is 3.01. The standard InChI is InChI=1S/C13H21N/c1-11-6-8-12(2,3)10-14-13(4,5)9-7-11/h6-11H,1-5H3/b8-6-,9-7-,14-10?. The number of hydrogen-bond acceptors (Lipinski definition) is 1. The predicted molar refractivity (Wildman–Crippen MR) is 63.8 cm³/mol. The molecule has 1 nitrogen and oxygen atoms in total. The Kier molecular flexibility index (Phi) is 2.98. The van der Waals surface area contributed by atoms with Gasteiger partial charge in [0.15, 0.2) is 0 Å². The van der Waals surface area contributed by atoms with Crippen LogP contribution in [0.15, 0.2) is 29.3 Å². The summed E-state index contributed by atoms with van der Waals surface area (Å²) < 4.78 is 0. The molecular formula is C13H21N. The van der Waals surface area contributed by atoms with E-state index in [1.54, 1.807) is 0 Å². The largest absolute Gasteiger partial charge is 0.286 e. The van der Waals surface area contributed by atoms with Crippen molar-refractivity contribution in [3.8, 4) is 0 Å². The van der Waals surface area contributed by atoms with E-state index in [4.69, 9.17) is 0 Å². The molecule has 0 aromatic heterocycles. The third kappa shape index (κ3) is 3.49. The molecule has 14 heavy (non-hydrogen) atoms. The summed E-state index contributed by atoms with van der Waals surface area (Å²) in [6, 6.07) is 0. The van der Waals surface area contributed by atoms with Crippen LogP contribution in [0.3, 0.4) is 0 Å². The van der Waals surface area contributed by atoms with Gasteiger partial charge in [-0.1, -0.05) is 45.1 Å². The molecule has 1 heteroatoms. The molecule has 1 atom stereocenters. The van der Waals surface area contributed by atoms with Gasteiger partial charge in [0.2, 0.25) is 0 Å². The maximum absolute atomic E-state index is 4.60. The maximum Gasteiger partial charge on any atom is 0.0728 e. The lowest BCUT2D eigenvalue weighted by Crippen LogP contribution is -2.17. The normalized spacial score (nSPS) is 33.9. The first-order chi connectivity index (χ1) is 6.31. The molecule has 1 aliphatic rings. The molecule has 0 saturated heterocycles. The smallest absolute Gasteiger partial charge is 0.0728 e. The van der Waals surface area contributed by atoms with E-state index in [0.717, 1.165) is 0 Å². The minimum atomic E-state index is -0.0719. The van der Waals surface area contributed by atoms with Gasteiger partial charge >= 0.3 is 0 Å². The lowest BCUT2D eigenvalue weighted by Gasteiger charge is -2.18. The monoisotopic (exact) mass is 191 g/mol. The molecule has 0 aromatic carbocycles. The zero-order valence-electron chi connectivity index (χ0n) is 9.91. The zero-order chi connectivity index (χ0) is 10.8. The van der Waals surface area contributed by atoms with Gasteiger partial charge < -0.3 is 0 Å². The average molecular weight is 191 g/mol. The number of nitrogens with zero attached hydrogens (tertiary/aromatic N) is 1. The molecule has 0 fully saturated rings. The zero-order valence-corrected chi connectivity index (χ0v) is 9.91. The van der Waals surface area contributed by atoms with Crippen molar-refractivity contribution in [1.82, 2.24) is 0 Å². The quantitative estimate of drug-likeness (QED) is 0.518. The third-order valence-electron chi connectivity index (χ3n) is 2.37. The Morgan fingerprint density at radius 2 is 1.57 bits per heavy atom. The van der Waals surface area contributed by atoms with E-state index in [1.165, 1.54) is 0 Å². The van der Waals surface area contributed by atoms with Crippen molar-refractivity contribution < 1.29 is 0 Å². The summed E-state index contributed by atoms with van der Waals surface area (Å²) in [5, 5.41) is 0. The van der Waals surface area contributed by atoms with Crippen molar-refractivity contribution in [3.63, 3.8) is 0 Å². The van der Waals surface area contributed by atoms with E-state index in [0.29, 0.717) is 5.92 Å². The van der Waals surface area contributed by atoms with Crippen LogP contribution in [0.4, 0.5) is 0 Å². The Bertz CT molecular complexity index is 252. The first kappa shape index (κ1) is 11.2. The van der Waals surface area contributed by atoms with Crippen LogP contribution in [0.1, 0.15) is 34.6 Å². The highest BCUT2D eigenvalue weighted by Crippen LogP contribution is 2.21. The van der Waals surface area contributed by atoms with Crippen LogP contribution >= 0.6 is 0 Å². The summed E-state index contributed by atoms with van der Waals surface area (Å²) >= 11 is 0. The van der Waals surface area contributed by atoms with E-state index < -0.39 is 0 Å². The summed E-state index contributed by atoms with van der Waals surface area (Å²) in [7, 11) is 0. The SMILES string of the molecule is CC1/C=C\C(C)(C)C=NC(C)(C)/C=C\1. The topological polar surface area (TPSA) is 12.4 Å². The summed E-state index contributed by atoms with van der Waals surface area (Å²) in [6.07, 6.45) is 10.9. The fourth-order valence-corrected chi connectivity index (χ4v) is 1.27. The molecule has 1 rings (SSSR count). The van der Waals surface area contributed by atoms with Crippen molar-refractivity contribution in [3.05, 3.63) is 24.3 Å². The number of aliphatic imine (C=N–C) groups is 1. The van der Waals surface area contributed by atoms with Gasteiger partial charge in [-0.3, -0.25) is 4.99 Å². The predicted octanol–water partition coefficient (Wildman–Crippen LogP) is 3.62. The summed E-state index contributed by atoms with van der Waals surface area (Å²) in [4.78, 5) is 4.60. The Labute approximate surface area is 87.6 Å². The molecule has 0 spiro atoms. The lowest BCUT2D eigenvalue weighted by molar-refractivity contribution is 0.629. The number of rotatable bonds is 0. The first-order valence-electron chi connectivity index (χ1n) is 5.26. The lowest BCUT2D eigenvalue weighted by atomic mass is 9.93. The second kappa shape index (κ2) is 3.72. The van der Waals surface area contributed by atoms with Crippen LogP contribution in [0.2, 0.25) is 0 Å². The van der Waals surface area contributed by atoms with E-state index in [9.17, 15) is 0 Å². The van der Waals surface area contributed by atoms with Crippen LogP contribution < -0.4 is 0 Å². The second-order valence-corrected chi connectivity index (χ2v) is 5.31. The number of allylic oxidation sites excluding steroid dienone is 3. The van der Waals surface area contributed by atoms with Gasteiger partial charge in [-0.25, -0.2) is 0 Å². The van der Waals surface area contributed by atoms with Gasteiger partial charge in [0.05, 0.1) is 5.54 Å². The van der Waals surface area contributed by atoms with Crippen LogP contribution in [0.25, 0.3) is 0 Å². The molecule has 0 radical (unpaired) electrons. The van der Waals surface area contributed by atoms with Crippen LogP contribution in [0, 0.1) is 11.3 Å². The van der Waals surface area contributed by atoms with Crippen molar-refractivity contribution in [2.75, 3.05) is 0 Å². The summed E-state index contributed by atoms with van der Waals surface area (Å²) in [5.74, 6) is 0.496. The van der Waals surface area contributed by atoms with Gasteiger partial charge in [-0.05, 0) is 19.8 Å². The van der Waals surface area contributed by atoms with E-state index >= 15 is 0 Å². The molecule has 1 unspecified atom stereocenters. The molecular weight excluding hydrogens is 170 g/mol. The second-order valence-electron chi connectivity index (χ2n) is 5.31. The van der Waals surface area contributed by atoms with Crippen molar-refractivity contribution in [2.24, 2.45) is 16.3 Å². The van der Waals surface area contributed by atoms with E-state index in [-0.39, 0.29) is 11.0 Å². The summed E-state index contributed by atoms with van der Waals surface area (Å²) in [5.41, 5.74) is -0.00486. The minimum absolute atomic E-state index is 0.0670. The molecule has 0 aliphatic carbocycles. The average Bonchev–Trinajstić information content (AvgIpc) is 2.12. The van der Waals surface area contributed by atoms with Gasteiger partial charge in [-0.15, -0.1) is 0 Å².